The van der Waals surface area contributed by atoms with E-state index in [1.54, 1.807) is 36.4 Å². The molecule has 5 nitrogen and oxygen atoms in total. The second kappa shape index (κ2) is 6.41. The minimum Gasteiger partial charge on any atom is -0.322 e. The molecule has 0 aromatic heterocycles. The van der Waals surface area contributed by atoms with Gasteiger partial charge in [0.05, 0.1) is 17.5 Å². The van der Waals surface area contributed by atoms with E-state index in [0.717, 1.165) is 10.9 Å². The van der Waals surface area contributed by atoms with E-state index in [-0.39, 0.29) is 41.4 Å². The molecular formula is C22H17BrN2O3. The number of hydrogen-bond donors (Lipinski definition) is 1. The molecule has 1 aliphatic heterocycles. The number of fused-ring (bicyclic) bond motifs is 5. The molecule has 4 atom stereocenters. The zero-order valence-electron chi connectivity index (χ0n) is 14.8. The molecule has 28 heavy (non-hydrogen) atoms. The molecule has 1 N–H and O–H groups in total. The smallest absolute Gasteiger partial charge is 0.255 e. The first-order valence-electron chi connectivity index (χ1n) is 9.26. The number of nitrogens with one attached hydrogen (secondary N) is 1. The maximum absolute atomic E-state index is 12.9. The zero-order valence-corrected chi connectivity index (χ0v) is 16.4. The van der Waals surface area contributed by atoms with Crippen LogP contribution < -0.4 is 10.2 Å². The number of carbonyl (C=O) groups excluding carboxylic acids is 3. The number of allylic oxidation sites excluding steroid dienone is 2. The van der Waals surface area contributed by atoms with E-state index >= 15 is 0 Å². The highest BCUT2D eigenvalue weighted by Gasteiger charge is 2.59. The second-order valence-corrected chi connectivity index (χ2v) is 8.44. The van der Waals surface area contributed by atoms with Crippen LogP contribution in [0.1, 0.15) is 16.8 Å². The summed E-state index contributed by atoms with van der Waals surface area (Å²) in [6.45, 7) is 0. The van der Waals surface area contributed by atoms with Crippen LogP contribution in [-0.2, 0) is 9.59 Å². The van der Waals surface area contributed by atoms with Crippen molar-refractivity contribution in [1.82, 2.24) is 0 Å². The van der Waals surface area contributed by atoms with Crippen LogP contribution in [0.15, 0.2) is 65.2 Å². The van der Waals surface area contributed by atoms with Gasteiger partial charge in [0.25, 0.3) is 5.91 Å². The van der Waals surface area contributed by atoms with E-state index in [2.05, 4.69) is 33.4 Å². The van der Waals surface area contributed by atoms with Gasteiger partial charge in [-0.2, -0.15) is 0 Å². The SMILES string of the molecule is O=C(Nc1ccc(Br)cc1)c1ccc(N2C(=O)[C@@H]3[C@H](C2=O)[C@@H]2C=C[C@H]3C2)cc1. The van der Waals surface area contributed by atoms with Gasteiger partial charge in [-0.05, 0) is 66.8 Å². The van der Waals surface area contributed by atoms with E-state index in [9.17, 15) is 14.4 Å². The highest BCUT2D eigenvalue weighted by atomic mass is 79.9. The van der Waals surface area contributed by atoms with Crippen LogP contribution in [0.2, 0.25) is 0 Å². The lowest BCUT2D eigenvalue weighted by Gasteiger charge is -2.17. The molecule has 1 saturated carbocycles. The first kappa shape index (κ1) is 17.4. The van der Waals surface area contributed by atoms with E-state index in [0.29, 0.717) is 16.9 Å². The van der Waals surface area contributed by atoms with E-state index in [1.165, 1.54) is 4.90 Å². The summed E-state index contributed by atoms with van der Waals surface area (Å²) in [6, 6.07) is 13.9. The van der Waals surface area contributed by atoms with Crippen LogP contribution in [0.4, 0.5) is 11.4 Å². The first-order valence-corrected chi connectivity index (χ1v) is 10.1. The highest BCUT2D eigenvalue weighted by Crippen LogP contribution is 2.53. The summed E-state index contributed by atoms with van der Waals surface area (Å²) in [5.41, 5.74) is 1.69. The molecular weight excluding hydrogens is 420 g/mol. The Hall–Kier alpha value is -2.73. The van der Waals surface area contributed by atoms with Crippen molar-refractivity contribution in [2.45, 2.75) is 6.42 Å². The normalized spacial score (nSPS) is 27.4. The number of amides is 3. The summed E-state index contributed by atoms with van der Waals surface area (Å²) >= 11 is 3.36. The lowest BCUT2D eigenvalue weighted by Crippen LogP contribution is -2.32. The van der Waals surface area contributed by atoms with Gasteiger partial charge < -0.3 is 5.32 Å². The summed E-state index contributed by atoms with van der Waals surface area (Å²) in [5.74, 6) is -0.532. The van der Waals surface area contributed by atoms with Crippen LogP contribution in [-0.4, -0.2) is 17.7 Å². The molecule has 3 aliphatic rings. The van der Waals surface area contributed by atoms with E-state index in [1.807, 2.05) is 12.1 Å². The van der Waals surface area contributed by atoms with Crippen LogP contribution in [0.5, 0.6) is 0 Å². The van der Waals surface area contributed by atoms with Gasteiger partial charge in [-0.15, -0.1) is 0 Å². The fourth-order valence-corrected chi connectivity index (χ4v) is 4.92. The molecule has 2 fully saturated rings. The summed E-state index contributed by atoms with van der Waals surface area (Å²) in [5, 5.41) is 2.83. The van der Waals surface area contributed by atoms with Crippen molar-refractivity contribution in [1.29, 1.82) is 0 Å². The third kappa shape index (κ3) is 2.63. The minimum absolute atomic E-state index is 0.112. The molecule has 2 aromatic carbocycles. The van der Waals surface area contributed by atoms with Gasteiger partial charge in [0.1, 0.15) is 0 Å². The van der Waals surface area contributed by atoms with Gasteiger partial charge >= 0.3 is 0 Å². The number of carbonyl (C=O) groups is 3. The number of nitrogens with zero attached hydrogens (tertiary/aromatic N) is 1. The molecule has 2 aromatic rings. The molecule has 140 valence electrons. The van der Waals surface area contributed by atoms with E-state index in [4.69, 9.17) is 0 Å². The monoisotopic (exact) mass is 436 g/mol. The van der Waals surface area contributed by atoms with Crippen LogP contribution in [0, 0.1) is 23.7 Å². The highest BCUT2D eigenvalue weighted by molar-refractivity contribution is 9.10. The number of benzene rings is 2. The van der Waals surface area contributed by atoms with Crippen LogP contribution in [0.3, 0.4) is 0 Å². The Balaban J connectivity index is 1.34. The molecule has 0 unspecified atom stereocenters. The average molecular weight is 437 g/mol. The maximum atomic E-state index is 12.9. The van der Waals surface area contributed by atoms with Crippen LogP contribution in [0.25, 0.3) is 0 Å². The minimum atomic E-state index is -0.243. The van der Waals surface area contributed by atoms with Gasteiger partial charge in [-0.3, -0.25) is 19.3 Å². The van der Waals surface area contributed by atoms with E-state index < -0.39 is 0 Å². The summed E-state index contributed by atoms with van der Waals surface area (Å²) in [7, 11) is 0. The predicted molar refractivity (Wildman–Crippen MR) is 109 cm³/mol. The molecule has 0 spiro atoms. The quantitative estimate of drug-likeness (QED) is 0.583. The third-order valence-corrected chi connectivity index (χ3v) is 6.49. The number of anilines is 2. The Morgan fingerprint density at radius 1 is 0.893 bits per heavy atom. The fourth-order valence-electron chi connectivity index (χ4n) is 4.66. The van der Waals surface area contributed by atoms with Crippen molar-refractivity contribution in [2.75, 3.05) is 10.2 Å². The lowest BCUT2D eigenvalue weighted by molar-refractivity contribution is -0.123. The maximum Gasteiger partial charge on any atom is 0.255 e. The summed E-state index contributed by atoms with van der Waals surface area (Å²) < 4.78 is 0.934. The largest absolute Gasteiger partial charge is 0.322 e. The molecule has 6 heteroatoms. The molecule has 0 radical (unpaired) electrons. The van der Waals surface area contributed by atoms with Gasteiger partial charge in [-0.25, -0.2) is 0 Å². The topological polar surface area (TPSA) is 66.5 Å². The van der Waals surface area contributed by atoms with Crippen molar-refractivity contribution >= 4 is 45.0 Å². The molecule has 1 heterocycles. The van der Waals surface area contributed by atoms with Crippen molar-refractivity contribution in [2.24, 2.45) is 23.7 Å². The van der Waals surface area contributed by atoms with Crippen molar-refractivity contribution in [3.8, 4) is 0 Å². The molecule has 2 bridgehead atoms. The zero-order chi connectivity index (χ0) is 19.4. The van der Waals surface area contributed by atoms with Gasteiger partial charge in [0.2, 0.25) is 11.8 Å². The number of halogens is 1. The summed E-state index contributed by atoms with van der Waals surface area (Å²) in [4.78, 5) is 39.5. The first-order chi connectivity index (χ1) is 13.5. The van der Waals surface area contributed by atoms with Gasteiger partial charge in [-0.1, -0.05) is 28.1 Å². The standard InChI is InChI=1S/C22H17BrN2O3/c23-15-5-7-16(8-6-15)24-20(26)12-3-9-17(10-4-12)25-21(27)18-13-1-2-14(11-13)19(18)22(25)28/h1-10,13-14,18-19H,11H2,(H,24,26)/t13-,14+,18-,19+. The molecule has 1 saturated heterocycles. The van der Waals surface area contributed by atoms with Crippen LogP contribution >= 0.6 is 15.9 Å². The van der Waals surface area contributed by atoms with Crippen molar-refractivity contribution < 1.29 is 14.4 Å². The predicted octanol–water partition coefficient (Wildman–Crippen LogP) is 4.01. The Labute approximate surface area is 170 Å². The van der Waals surface area contributed by atoms with Crippen molar-refractivity contribution in [3.63, 3.8) is 0 Å². The fraction of sp³-hybridized carbons (Fsp3) is 0.227. The Bertz CT molecular complexity index is 983. The molecule has 5 rings (SSSR count). The second-order valence-electron chi connectivity index (χ2n) is 7.52. The third-order valence-electron chi connectivity index (χ3n) is 5.96. The Kier molecular flexibility index (Phi) is 3.98. The van der Waals surface area contributed by atoms with Crippen molar-refractivity contribution in [3.05, 3.63) is 70.7 Å². The van der Waals surface area contributed by atoms with Gasteiger partial charge in [0, 0.05) is 15.7 Å². The summed E-state index contributed by atoms with van der Waals surface area (Å²) in [6.07, 6.45) is 5.07. The lowest BCUT2D eigenvalue weighted by atomic mass is 9.85. The number of imide groups is 1. The number of hydrogen-bond acceptors (Lipinski definition) is 3. The molecule has 3 amide bonds. The number of rotatable bonds is 3. The Morgan fingerprint density at radius 3 is 2.04 bits per heavy atom. The molecule has 2 aliphatic carbocycles. The Morgan fingerprint density at radius 2 is 1.46 bits per heavy atom. The average Bonchev–Trinajstić information content (AvgIpc) is 3.38. The van der Waals surface area contributed by atoms with Gasteiger partial charge in [0.15, 0.2) is 0 Å².